The van der Waals surface area contributed by atoms with E-state index in [1.807, 2.05) is 0 Å². The van der Waals surface area contributed by atoms with Crippen LogP contribution in [0.2, 0.25) is 0 Å². The molecular formula is C18H22N2O6S2. The number of benzene rings is 2. The summed E-state index contributed by atoms with van der Waals surface area (Å²) in [6, 6.07) is 9.49. The monoisotopic (exact) mass is 426 g/mol. The lowest BCUT2D eigenvalue weighted by Crippen LogP contribution is -2.27. The molecule has 0 heterocycles. The van der Waals surface area contributed by atoms with Crippen LogP contribution in [-0.2, 0) is 24.7 Å². The normalized spacial score (nSPS) is 13.0. The molecule has 0 saturated carbocycles. The zero-order chi connectivity index (χ0) is 21.1. The minimum atomic E-state index is -3.90. The summed E-state index contributed by atoms with van der Waals surface area (Å²) in [5, 5.41) is 2.53. The van der Waals surface area contributed by atoms with Gasteiger partial charge in [0.25, 0.3) is 0 Å². The Balaban J connectivity index is 2.28. The third-order valence-corrected chi connectivity index (χ3v) is 6.60. The predicted molar refractivity (Wildman–Crippen MR) is 106 cm³/mol. The largest absolute Gasteiger partial charge is 0.495 e. The van der Waals surface area contributed by atoms with Crippen molar-refractivity contribution in [2.75, 3.05) is 18.7 Å². The van der Waals surface area contributed by atoms with Crippen LogP contribution in [0.3, 0.4) is 0 Å². The molecular weight excluding hydrogens is 404 g/mol. The summed E-state index contributed by atoms with van der Waals surface area (Å²) in [6.45, 7) is 2.95. The standard InChI is InChI=1S/C18H22N2O6S2/c1-12(14-5-7-15(8-6-14)27(4,22)23)20-28(24,25)16-9-10-18(26-3)17(11-16)19-13(2)21/h5-12,20H,1-4H3,(H,19,21). The molecule has 28 heavy (non-hydrogen) atoms. The first-order valence-corrected chi connectivity index (χ1v) is 11.6. The highest BCUT2D eigenvalue weighted by atomic mass is 32.2. The molecule has 0 spiro atoms. The van der Waals surface area contributed by atoms with Gasteiger partial charge in [-0.05, 0) is 42.8 Å². The van der Waals surface area contributed by atoms with Crippen molar-refractivity contribution in [3.8, 4) is 5.75 Å². The fourth-order valence-electron chi connectivity index (χ4n) is 2.51. The molecule has 0 aromatic heterocycles. The summed E-state index contributed by atoms with van der Waals surface area (Å²) in [7, 11) is -5.82. The second kappa shape index (κ2) is 8.29. The van der Waals surface area contributed by atoms with Crippen LogP contribution in [0.15, 0.2) is 52.3 Å². The number of sulfone groups is 1. The summed E-state index contributed by atoms with van der Waals surface area (Å²) in [5.74, 6) is -0.0290. The molecule has 152 valence electrons. The lowest BCUT2D eigenvalue weighted by Gasteiger charge is -2.16. The number of rotatable bonds is 7. The molecule has 0 radical (unpaired) electrons. The van der Waals surface area contributed by atoms with Crippen molar-refractivity contribution in [3.63, 3.8) is 0 Å². The van der Waals surface area contributed by atoms with Gasteiger partial charge in [0.05, 0.1) is 22.6 Å². The molecule has 0 aliphatic heterocycles. The number of carbonyl (C=O) groups is 1. The first kappa shape index (κ1) is 21.9. The van der Waals surface area contributed by atoms with E-state index in [4.69, 9.17) is 4.74 Å². The maximum absolute atomic E-state index is 12.7. The Kier molecular flexibility index (Phi) is 6.48. The second-order valence-corrected chi connectivity index (χ2v) is 9.96. The van der Waals surface area contributed by atoms with Gasteiger partial charge in [0.15, 0.2) is 9.84 Å². The molecule has 10 heteroatoms. The molecule has 2 rings (SSSR count). The van der Waals surface area contributed by atoms with Crippen molar-refractivity contribution in [2.24, 2.45) is 0 Å². The summed E-state index contributed by atoms with van der Waals surface area (Å²) in [5.41, 5.74) is 0.842. The van der Waals surface area contributed by atoms with Crippen molar-refractivity contribution in [1.82, 2.24) is 4.72 Å². The van der Waals surface area contributed by atoms with E-state index < -0.39 is 25.9 Å². The van der Waals surface area contributed by atoms with Gasteiger partial charge in [0.2, 0.25) is 15.9 Å². The Bertz CT molecular complexity index is 1080. The summed E-state index contributed by atoms with van der Waals surface area (Å²) in [4.78, 5) is 11.4. The highest BCUT2D eigenvalue weighted by Crippen LogP contribution is 2.28. The minimum Gasteiger partial charge on any atom is -0.495 e. The van der Waals surface area contributed by atoms with Crippen molar-refractivity contribution >= 4 is 31.5 Å². The van der Waals surface area contributed by atoms with E-state index in [0.717, 1.165) is 6.26 Å². The second-order valence-electron chi connectivity index (χ2n) is 6.23. The molecule has 0 aliphatic rings. The molecule has 1 unspecified atom stereocenters. The SMILES string of the molecule is COc1ccc(S(=O)(=O)NC(C)c2ccc(S(C)(=O)=O)cc2)cc1NC(C)=O. The Hall–Kier alpha value is -2.43. The van der Waals surface area contributed by atoms with Crippen molar-refractivity contribution < 1.29 is 26.4 Å². The van der Waals surface area contributed by atoms with Crippen molar-refractivity contribution in [1.29, 1.82) is 0 Å². The number of hydrogen-bond donors (Lipinski definition) is 2. The van der Waals surface area contributed by atoms with Crippen LogP contribution in [0.4, 0.5) is 5.69 Å². The highest BCUT2D eigenvalue weighted by Gasteiger charge is 2.21. The van der Waals surface area contributed by atoms with Gasteiger partial charge in [0, 0.05) is 19.2 Å². The molecule has 8 nitrogen and oxygen atoms in total. The van der Waals surface area contributed by atoms with Gasteiger partial charge in [-0.2, -0.15) is 0 Å². The molecule has 0 bridgehead atoms. The zero-order valence-corrected chi connectivity index (χ0v) is 17.5. The zero-order valence-electron chi connectivity index (χ0n) is 15.9. The Labute approximate surface area is 164 Å². The van der Waals surface area contributed by atoms with E-state index in [0.29, 0.717) is 11.3 Å². The minimum absolute atomic E-state index is 0.0448. The van der Waals surface area contributed by atoms with E-state index in [9.17, 15) is 21.6 Å². The highest BCUT2D eigenvalue weighted by molar-refractivity contribution is 7.90. The summed E-state index contributed by atoms with van der Waals surface area (Å²) < 4.78 is 56.2. The topological polar surface area (TPSA) is 119 Å². The van der Waals surface area contributed by atoms with E-state index in [-0.39, 0.29) is 21.4 Å². The van der Waals surface area contributed by atoms with Crippen LogP contribution in [0, 0.1) is 0 Å². The molecule has 1 amide bonds. The average molecular weight is 427 g/mol. The Morgan fingerprint density at radius 2 is 1.57 bits per heavy atom. The lowest BCUT2D eigenvalue weighted by molar-refractivity contribution is -0.114. The van der Waals surface area contributed by atoms with Crippen LogP contribution in [0.5, 0.6) is 5.75 Å². The Morgan fingerprint density at radius 1 is 1.00 bits per heavy atom. The number of nitrogens with one attached hydrogen (secondary N) is 2. The number of methoxy groups -OCH3 is 1. The van der Waals surface area contributed by atoms with Crippen LogP contribution < -0.4 is 14.8 Å². The number of ether oxygens (including phenoxy) is 1. The van der Waals surface area contributed by atoms with E-state index in [1.165, 1.54) is 44.4 Å². The van der Waals surface area contributed by atoms with E-state index >= 15 is 0 Å². The van der Waals surface area contributed by atoms with Gasteiger partial charge in [-0.3, -0.25) is 4.79 Å². The van der Waals surface area contributed by atoms with E-state index in [1.54, 1.807) is 19.1 Å². The first-order chi connectivity index (χ1) is 12.9. The number of amides is 1. The lowest BCUT2D eigenvalue weighted by atomic mass is 10.1. The quantitative estimate of drug-likeness (QED) is 0.700. The number of carbonyl (C=O) groups excluding carboxylic acids is 1. The third kappa shape index (κ3) is 5.31. The van der Waals surface area contributed by atoms with Crippen LogP contribution in [0.25, 0.3) is 0 Å². The molecule has 2 N–H and O–H groups in total. The summed E-state index contributed by atoms with van der Waals surface area (Å²) >= 11 is 0. The van der Waals surface area contributed by atoms with Crippen molar-refractivity contribution in [3.05, 3.63) is 48.0 Å². The number of hydrogen-bond acceptors (Lipinski definition) is 6. The fraction of sp³-hybridized carbons (Fsp3) is 0.278. The van der Waals surface area contributed by atoms with Gasteiger partial charge < -0.3 is 10.1 Å². The molecule has 2 aromatic carbocycles. The van der Waals surface area contributed by atoms with Crippen LogP contribution in [0.1, 0.15) is 25.5 Å². The van der Waals surface area contributed by atoms with Gasteiger partial charge in [-0.15, -0.1) is 0 Å². The first-order valence-electron chi connectivity index (χ1n) is 8.22. The van der Waals surface area contributed by atoms with Crippen LogP contribution >= 0.6 is 0 Å². The summed E-state index contributed by atoms with van der Waals surface area (Å²) in [6.07, 6.45) is 1.10. The van der Waals surface area contributed by atoms with Gasteiger partial charge in [-0.1, -0.05) is 12.1 Å². The molecule has 0 fully saturated rings. The fourth-order valence-corrected chi connectivity index (χ4v) is 4.40. The van der Waals surface area contributed by atoms with Crippen molar-refractivity contribution in [2.45, 2.75) is 29.7 Å². The molecule has 0 saturated heterocycles. The molecule has 2 aromatic rings. The smallest absolute Gasteiger partial charge is 0.241 e. The van der Waals surface area contributed by atoms with Gasteiger partial charge in [-0.25, -0.2) is 21.6 Å². The Morgan fingerprint density at radius 3 is 2.07 bits per heavy atom. The number of sulfonamides is 1. The molecule has 0 aliphatic carbocycles. The number of anilines is 1. The van der Waals surface area contributed by atoms with Gasteiger partial charge >= 0.3 is 0 Å². The van der Waals surface area contributed by atoms with Gasteiger partial charge in [0.1, 0.15) is 5.75 Å². The third-order valence-electron chi connectivity index (χ3n) is 3.93. The average Bonchev–Trinajstić information content (AvgIpc) is 2.60. The van der Waals surface area contributed by atoms with Crippen LogP contribution in [-0.4, -0.2) is 36.1 Å². The van der Waals surface area contributed by atoms with E-state index in [2.05, 4.69) is 10.0 Å². The molecule has 1 atom stereocenters. The maximum atomic E-state index is 12.7. The predicted octanol–water partition coefficient (Wildman–Crippen LogP) is 2.10. The maximum Gasteiger partial charge on any atom is 0.241 e.